The molecule has 0 amide bonds. The highest BCUT2D eigenvalue weighted by Gasteiger charge is 2.10. The Hall–Kier alpha value is -0.980. The van der Waals surface area contributed by atoms with Crippen molar-refractivity contribution >= 4 is 16.3 Å². The first-order valence-electron chi connectivity index (χ1n) is 5.70. The van der Waals surface area contributed by atoms with Crippen molar-refractivity contribution in [1.82, 2.24) is 5.32 Å². The van der Waals surface area contributed by atoms with Gasteiger partial charge < -0.3 is 10.4 Å². The van der Waals surface area contributed by atoms with Crippen molar-refractivity contribution in [3.63, 3.8) is 0 Å². The number of nitrogens with zero attached hydrogens (tertiary/aromatic N) is 1. The Morgan fingerprint density at radius 2 is 2.41 bits per heavy atom. The normalized spacial score (nSPS) is 12.6. The molecule has 0 aromatic carbocycles. The number of thiophene rings is 1. The van der Waals surface area contributed by atoms with E-state index in [1.165, 1.54) is 0 Å². The zero-order valence-electron chi connectivity index (χ0n) is 9.89. The molecule has 1 aromatic heterocycles. The topological polar surface area (TPSA) is 75.4 Å². The van der Waals surface area contributed by atoms with Crippen LogP contribution in [0.3, 0.4) is 0 Å². The molecule has 17 heavy (non-hydrogen) atoms. The minimum absolute atomic E-state index is 0.184. The molecule has 0 spiro atoms. The van der Waals surface area contributed by atoms with Crippen molar-refractivity contribution in [3.8, 4) is 0 Å². The van der Waals surface area contributed by atoms with Crippen LogP contribution in [0.25, 0.3) is 0 Å². The number of hydrogen-bond acceptors (Lipinski definition) is 5. The lowest BCUT2D eigenvalue weighted by Gasteiger charge is -2.13. The van der Waals surface area contributed by atoms with Gasteiger partial charge in [0.2, 0.25) is 0 Å². The lowest BCUT2D eigenvalue weighted by molar-refractivity contribution is -0.380. The van der Waals surface area contributed by atoms with Gasteiger partial charge in [-0.15, -0.1) is 0 Å². The molecule has 1 aromatic rings. The Morgan fingerprint density at radius 3 is 2.94 bits per heavy atom. The third kappa shape index (κ3) is 4.80. The average Bonchev–Trinajstić information content (AvgIpc) is 2.77. The first-order chi connectivity index (χ1) is 8.17. The van der Waals surface area contributed by atoms with Crippen LogP contribution in [-0.4, -0.2) is 23.2 Å². The standard InChI is InChI=1S/C11H18N2O3S/c1-2-9(3-4-14)6-12-7-10-5-11(13(15)16)17-8-10/h5,8-9,12,14H,2-4,6-7H2,1H3. The molecule has 0 bridgehead atoms. The van der Waals surface area contributed by atoms with Crippen LogP contribution in [-0.2, 0) is 6.54 Å². The van der Waals surface area contributed by atoms with Crippen LogP contribution in [0.1, 0.15) is 25.3 Å². The summed E-state index contributed by atoms with van der Waals surface area (Å²) in [6.07, 6.45) is 1.82. The quantitative estimate of drug-likeness (QED) is 0.553. The van der Waals surface area contributed by atoms with Crippen LogP contribution in [0.15, 0.2) is 11.4 Å². The lowest BCUT2D eigenvalue weighted by Crippen LogP contribution is -2.22. The molecule has 0 saturated heterocycles. The summed E-state index contributed by atoms with van der Waals surface area (Å²) in [6.45, 7) is 3.79. The van der Waals surface area contributed by atoms with Gasteiger partial charge in [0.1, 0.15) is 0 Å². The van der Waals surface area contributed by atoms with E-state index in [1.807, 2.05) is 0 Å². The summed E-state index contributed by atoms with van der Waals surface area (Å²) in [7, 11) is 0. The largest absolute Gasteiger partial charge is 0.396 e. The lowest BCUT2D eigenvalue weighted by atomic mass is 10.0. The average molecular weight is 258 g/mol. The Balaban J connectivity index is 2.32. The van der Waals surface area contributed by atoms with Gasteiger partial charge in [-0.3, -0.25) is 10.1 Å². The molecular formula is C11H18N2O3S. The minimum atomic E-state index is -0.366. The number of aliphatic hydroxyl groups excluding tert-OH is 1. The van der Waals surface area contributed by atoms with Crippen molar-refractivity contribution in [2.24, 2.45) is 5.92 Å². The number of hydrogen-bond donors (Lipinski definition) is 2. The molecular weight excluding hydrogens is 240 g/mol. The second-order valence-electron chi connectivity index (χ2n) is 3.97. The van der Waals surface area contributed by atoms with E-state index < -0.39 is 0 Å². The first kappa shape index (κ1) is 14.1. The van der Waals surface area contributed by atoms with E-state index in [2.05, 4.69) is 12.2 Å². The van der Waals surface area contributed by atoms with Gasteiger partial charge in [-0.05, 0) is 24.4 Å². The van der Waals surface area contributed by atoms with Crippen molar-refractivity contribution in [3.05, 3.63) is 27.1 Å². The summed E-state index contributed by atoms with van der Waals surface area (Å²) in [5.41, 5.74) is 0.945. The van der Waals surface area contributed by atoms with Crippen LogP contribution < -0.4 is 5.32 Å². The van der Waals surface area contributed by atoms with Gasteiger partial charge >= 0.3 is 5.00 Å². The molecule has 0 saturated carbocycles. The predicted molar refractivity (Wildman–Crippen MR) is 68.2 cm³/mol. The number of nitro groups is 1. The Kier molecular flexibility index (Phi) is 6.10. The molecule has 0 aliphatic rings. The fourth-order valence-electron chi connectivity index (χ4n) is 1.60. The van der Waals surface area contributed by atoms with Crippen molar-refractivity contribution in [2.75, 3.05) is 13.2 Å². The maximum atomic E-state index is 10.5. The van der Waals surface area contributed by atoms with E-state index in [9.17, 15) is 10.1 Å². The second kappa shape index (κ2) is 7.37. The molecule has 2 N–H and O–H groups in total. The van der Waals surface area contributed by atoms with Gasteiger partial charge in [0, 0.05) is 24.6 Å². The van der Waals surface area contributed by atoms with Gasteiger partial charge in [-0.2, -0.15) is 0 Å². The fourth-order valence-corrected chi connectivity index (χ4v) is 2.33. The van der Waals surface area contributed by atoms with Crippen LogP contribution >= 0.6 is 11.3 Å². The third-order valence-electron chi connectivity index (χ3n) is 2.70. The van der Waals surface area contributed by atoms with E-state index in [1.54, 1.807) is 11.4 Å². The van der Waals surface area contributed by atoms with E-state index >= 15 is 0 Å². The van der Waals surface area contributed by atoms with E-state index in [0.29, 0.717) is 12.5 Å². The van der Waals surface area contributed by atoms with Crippen molar-refractivity contribution in [1.29, 1.82) is 0 Å². The highest BCUT2D eigenvalue weighted by molar-refractivity contribution is 7.13. The van der Waals surface area contributed by atoms with Crippen LogP contribution in [0, 0.1) is 16.0 Å². The molecule has 1 rings (SSSR count). The van der Waals surface area contributed by atoms with Crippen LogP contribution in [0.2, 0.25) is 0 Å². The van der Waals surface area contributed by atoms with E-state index in [4.69, 9.17) is 5.11 Å². The molecule has 96 valence electrons. The summed E-state index contributed by atoms with van der Waals surface area (Å²) in [5, 5.41) is 24.6. The van der Waals surface area contributed by atoms with Gasteiger partial charge in [0.05, 0.1) is 4.92 Å². The van der Waals surface area contributed by atoms with Crippen molar-refractivity contribution in [2.45, 2.75) is 26.3 Å². The number of nitrogens with one attached hydrogen (secondary N) is 1. The molecule has 1 unspecified atom stereocenters. The smallest absolute Gasteiger partial charge is 0.324 e. The van der Waals surface area contributed by atoms with Gasteiger partial charge in [-0.25, -0.2) is 0 Å². The van der Waals surface area contributed by atoms with Gasteiger partial charge in [-0.1, -0.05) is 24.7 Å². The van der Waals surface area contributed by atoms with Crippen LogP contribution in [0.4, 0.5) is 5.00 Å². The van der Waals surface area contributed by atoms with Gasteiger partial charge in [0.15, 0.2) is 0 Å². The number of aliphatic hydroxyl groups is 1. The molecule has 0 aliphatic heterocycles. The predicted octanol–water partition coefficient (Wildman–Crippen LogP) is 2.15. The number of rotatable bonds is 8. The van der Waals surface area contributed by atoms with E-state index in [-0.39, 0.29) is 16.5 Å². The minimum Gasteiger partial charge on any atom is -0.396 e. The summed E-state index contributed by atoms with van der Waals surface area (Å²) in [4.78, 5) is 10.1. The summed E-state index contributed by atoms with van der Waals surface area (Å²) in [5.74, 6) is 0.466. The monoisotopic (exact) mass is 258 g/mol. The summed E-state index contributed by atoms with van der Waals surface area (Å²) in [6, 6.07) is 1.60. The van der Waals surface area contributed by atoms with Gasteiger partial charge in [0.25, 0.3) is 0 Å². The maximum Gasteiger partial charge on any atom is 0.324 e. The van der Waals surface area contributed by atoms with Crippen LogP contribution in [0.5, 0.6) is 0 Å². The van der Waals surface area contributed by atoms with E-state index in [0.717, 1.165) is 36.3 Å². The summed E-state index contributed by atoms with van der Waals surface area (Å²) < 4.78 is 0. The highest BCUT2D eigenvalue weighted by Crippen LogP contribution is 2.22. The molecule has 5 nitrogen and oxygen atoms in total. The maximum absolute atomic E-state index is 10.5. The molecule has 0 fully saturated rings. The zero-order chi connectivity index (χ0) is 12.7. The van der Waals surface area contributed by atoms with Crippen molar-refractivity contribution < 1.29 is 10.0 Å². The zero-order valence-corrected chi connectivity index (χ0v) is 10.7. The Labute approximate surface area is 105 Å². The Bertz CT molecular complexity index is 354. The SMILES string of the molecule is CCC(CCO)CNCc1csc([N+](=O)[O-])c1. The molecule has 1 atom stereocenters. The first-order valence-corrected chi connectivity index (χ1v) is 6.58. The molecule has 6 heteroatoms. The molecule has 0 aliphatic carbocycles. The molecule has 1 heterocycles. The second-order valence-corrected chi connectivity index (χ2v) is 4.86. The fraction of sp³-hybridized carbons (Fsp3) is 0.636. The Morgan fingerprint density at radius 1 is 1.65 bits per heavy atom. The third-order valence-corrected chi connectivity index (χ3v) is 3.63. The summed E-state index contributed by atoms with van der Waals surface area (Å²) >= 11 is 1.15. The highest BCUT2D eigenvalue weighted by atomic mass is 32.1. The molecule has 0 radical (unpaired) electrons.